The Hall–Kier alpha value is 1.48. The average Bonchev–Trinajstić information content (AvgIpc) is 2.75. The molecule has 0 saturated carbocycles. The first-order valence-electron chi connectivity index (χ1n) is 13.3. The molecule has 0 unspecified atom stereocenters. The van der Waals surface area contributed by atoms with Gasteiger partial charge in [0.2, 0.25) is 20.8 Å². The van der Waals surface area contributed by atoms with Gasteiger partial charge in [-0.05, 0) is 12.8 Å². The number of rotatable bonds is 24. The van der Waals surface area contributed by atoms with Gasteiger partial charge in [-0.3, -0.25) is 8.37 Å². The van der Waals surface area contributed by atoms with Crippen molar-refractivity contribution in [3.05, 3.63) is 0 Å². The van der Waals surface area contributed by atoms with E-state index in [9.17, 15) is 25.9 Å². The second-order valence-corrected chi connectivity index (χ2v) is 10.9. The summed E-state index contributed by atoms with van der Waals surface area (Å²) in [7, 11) is -8.97. The Balaban J connectivity index is -0.000000269. The molecule has 0 aromatic rings. The number of hydrogen-bond acceptors (Lipinski definition) is 8. The number of hydrogen-bond donors (Lipinski definition) is 0. The maximum absolute atomic E-state index is 10.1. The summed E-state index contributed by atoms with van der Waals surface area (Å²) in [5, 5.41) is 0. The van der Waals surface area contributed by atoms with Gasteiger partial charge in [0.1, 0.15) is 0 Å². The van der Waals surface area contributed by atoms with E-state index in [4.69, 9.17) is 0 Å². The maximum atomic E-state index is 10.1. The van der Waals surface area contributed by atoms with Gasteiger partial charge in [-0.25, -0.2) is 16.8 Å². The third kappa shape index (κ3) is 48.5. The Morgan fingerprint density at radius 1 is 0.444 bits per heavy atom. The molecule has 0 aliphatic carbocycles. The third-order valence-electron chi connectivity index (χ3n) is 5.45. The van der Waals surface area contributed by atoms with Crippen LogP contribution in [0.5, 0.6) is 0 Å². The second kappa shape index (κ2) is 32.7. The van der Waals surface area contributed by atoms with E-state index in [2.05, 4.69) is 22.2 Å². The van der Waals surface area contributed by atoms with Crippen molar-refractivity contribution < 1.29 is 86.2 Å². The molecular weight excluding hydrogens is 611 g/mol. The first-order valence-corrected chi connectivity index (χ1v) is 16.0. The first-order chi connectivity index (χ1) is 16.1. The summed E-state index contributed by atoms with van der Waals surface area (Å²) >= 11 is 0. The van der Waals surface area contributed by atoms with E-state index >= 15 is 0 Å². The van der Waals surface area contributed by atoms with Crippen LogP contribution in [-0.4, -0.2) is 39.2 Å². The molecule has 0 N–H and O–H groups in total. The predicted molar refractivity (Wildman–Crippen MR) is 135 cm³/mol. The molecule has 0 heterocycles. The molecule has 12 heteroatoms. The van der Waals surface area contributed by atoms with Gasteiger partial charge in [0.05, 0.1) is 13.2 Å². The quantitative estimate of drug-likeness (QED) is 0.0661. The van der Waals surface area contributed by atoms with Crippen molar-refractivity contribution in [2.24, 2.45) is 0 Å². The molecule has 0 bridgehead atoms. The topological polar surface area (TPSA) is 133 Å². The van der Waals surface area contributed by atoms with Crippen LogP contribution in [0, 0.1) is 0 Å². The molecule has 0 aliphatic heterocycles. The van der Waals surface area contributed by atoms with E-state index in [-0.39, 0.29) is 65.2 Å². The van der Waals surface area contributed by atoms with E-state index in [1.807, 2.05) is 0 Å². The van der Waals surface area contributed by atoms with Crippen molar-refractivity contribution in [2.45, 2.75) is 142 Å². The zero-order valence-electron chi connectivity index (χ0n) is 22.9. The predicted octanol–water partition coefficient (Wildman–Crippen LogP) is 3.77. The van der Waals surface area contributed by atoms with Crippen molar-refractivity contribution in [3.8, 4) is 0 Å². The minimum Gasteiger partial charge on any atom is -0.726 e. The van der Waals surface area contributed by atoms with E-state index in [1.165, 1.54) is 89.9 Å². The van der Waals surface area contributed by atoms with E-state index < -0.39 is 20.8 Å². The fourth-order valence-corrected chi connectivity index (χ4v) is 4.14. The summed E-state index contributed by atoms with van der Waals surface area (Å²) in [5.41, 5.74) is 0. The standard InChI is InChI=1S/2C12H26O4S.Ag.Na/c2*1-2-3-4-5-6-7-8-9-10-11-12-16-17(13,14)15;;/h2*2-12H2,1H3,(H,13,14,15);;/q;;2*+1/p-2. The summed E-state index contributed by atoms with van der Waals surface area (Å²) < 4.78 is 68.9. The Labute approximate surface area is 260 Å². The second-order valence-electron chi connectivity index (χ2n) is 8.82. The van der Waals surface area contributed by atoms with Crippen LogP contribution in [0.3, 0.4) is 0 Å². The molecule has 0 spiro atoms. The van der Waals surface area contributed by atoms with Gasteiger partial charge in [-0.2, -0.15) is 0 Å². The van der Waals surface area contributed by atoms with Crippen molar-refractivity contribution in [3.63, 3.8) is 0 Å². The Morgan fingerprint density at radius 2 is 0.639 bits per heavy atom. The molecule has 36 heavy (non-hydrogen) atoms. The van der Waals surface area contributed by atoms with Gasteiger partial charge in [0, 0.05) is 0 Å². The smallest absolute Gasteiger partial charge is 0.726 e. The molecule has 218 valence electrons. The van der Waals surface area contributed by atoms with Gasteiger partial charge in [-0.1, -0.05) is 129 Å². The Bertz CT molecular complexity index is 566. The summed E-state index contributed by atoms with van der Waals surface area (Å²) in [6.45, 7) is 4.49. The van der Waals surface area contributed by atoms with Crippen LogP contribution in [0.25, 0.3) is 0 Å². The van der Waals surface area contributed by atoms with Gasteiger partial charge < -0.3 is 9.11 Å². The molecule has 0 aromatic carbocycles. The normalized spacial score (nSPS) is 11.2. The number of unbranched alkanes of at least 4 members (excludes halogenated alkanes) is 18. The minimum absolute atomic E-state index is 0. The van der Waals surface area contributed by atoms with Gasteiger partial charge in [-0.15, -0.1) is 0 Å². The van der Waals surface area contributed by atoms with Gasteiger partial charge >= 0.3 is 51.9 Å². The summed E-state index contributed by atoms with van der Waals surface area (Å²) in [6.07, 6.45) is 23.4. The molecule has 0 aromatic heterocycles. The molecule has 0 aliphatic rings. The van der Waals surface area contributed by atoms with E-state index in [0.29, 0.717) is 12.8 Å². The first kappa shape index (κ1) is 44.5. The maximum Gasteiger partial charge on any atom is 1.00 e. The van der Waals surface area contributed by atoms with Crippen LogP contribution in [0.4, 0.5) is 0 Å². The zero-order valence-corrected chi connectivity index (χ0v) is 28.1. The minimum atomic E-state index is -4.48. The van der Waals surface area contributed by atoms with E-state index in [1.54, 1.807) is 0 Å². The fourth-order valence-electron chi connectivity index (χ4n) is 3.50. The molecule has 0 fully saturated rings. The average molecular weight is 662 g/mol. The Morgan fingerprint density at radius 3 is 0.833 bits per heavy atom. The molecule has 0 atom stereocenters. The molecule has 0 radical (unpaired) electrons. The molecule has 0 saturated heterocycles. The van der Waals surface area contributed by atoms with Crippen LogP contribution in [0.1, 0.15) is 142 Å². The van der Waals surface area contributed by atoms with Crippen molar-refractivity contribution in [2.75, 3.05) is 13.2 Å². The molecule has 8 nitrogen and oxygen atoms in total. The molecular formula is C24H50AgNaO8S2. The summed E-state index contributed by atoms with van der Waals surface area (Å²) in [4.78, 5) is 0. The molecule has 0 rings (SSSR count). The van der Waals surface area contributed by atoms with Crippen LogP contribution in [0.2, 0.25) is 0 Å². The SMILES string of the molecule is CCCCCCCCCCCCOS(=O)(=O)[O-].CCCCCCCCCCCCOS(=O)(=O)[O-].[Ag+].[Na+]. The largest absolute Gasteiger partial charge is 1.00 e. The third-order valence-corrected chi connectivity index (χ3v) is 6.36. The monoisotopic (exact) mass is 660 g/mol. The Kier molecular flexibility index (Phi) is 40.4. The van der Waals surface area contributed by atoms with E-state index in [0.717, 1.165) is 25.7 Å². The van der Waals surface area contributed by atoms with Crippen LogP contribution in [-0.2, 0) is 51.5 Å². The van der Waals surface area contributed by atoms with Crippen LogP contribution >= 0.6 is 0 Å². The fraction of sp³-hybridized carbons (Fsp3) is 1.00. The van der Waals surface area contributed by atoms with Gasteiger partial charge in [0.15, 0.2) is 0 Å². The van der Waals surface area contributed by atoms with Crippen molar-refractivity contribution in [1.82, 2.24) is 0 Å². The van der Waals surface area contributed by atoms with Gasteiger partial charge in [0.25, 0.3) is 0 Å². The van der Waals surface area contributed by atoms with Crippen molar-refractivity contribution >= 4 is 20.8 Å². The molecule has 0 amide bonds. The van der Waals surface area contributed by atoms with Crippen LogP contribution < -0.4 is 29.6 Å². The zero-order chi connectivity index (χ0) is 26.0. The van der Waals surface area contributed by atoms with Crippen molar-refractivity contribution in [1.29, 1.82) is 0 Å². The summed E-state index contributed by atoms with van der Waals surface area (Å²) in [6, 6.07) is 0. The van der Waals surface area contributed by atoms with Crippen LogP contribution in [0.15, 0.2) is 0 Å². The summed E-state index contributed by atoms with van der Waals surface area (Å²) in [5.74, 6) is 0.